The van der Waals surface area contributed by atoms with Crippen LogP contribution in [0.15, 0.2) is 34.0 Å². The SMILES string of the molecule is CCC(=O)N(n1c(=O)c2cc(-c3ccnn3C)c(C(C)C)cc2n(C(=O)CC)c1=O)S(C)(=O)=O. The zero-order valence-corrected chi connectivity index (χ0v) is 20.7. The molecule has 0 saturated carbocycles. The summed E-state index contributed by atoms with van der Waals surface area (Å²) in [5.41, 5.74) is -0.126. The fourth-order valence-corrected chi connectivity index (χ4v) is 4.78. The third-order valence-corrected chi connectivity index (χ3v) is 6.48. The fourth-order valence-electron chi connectivity index (χ4n) is 3.84. The van der Waals surface area contributed by atoms with Gasteiger partial charge in [0.15, 0.2) is 0 Å². The number of fused-ring (bicyclic) bond motifs is 1. The Balaban J connectivity index is 2.62. The zero-order valence-electron chi connectivity index (χ0n) is 19.9. The normalized spacial score (nSPS) is 11.9. The number of aryl methyl sites for hydroxylation is 1. The summed E-state index contributed by atoms with van der Waals surface area (Å²) >= 11 is 0. The minimum absolute atomic E-state index is 0.0464. The maximum atomic E-state index is 13.6. The van der Waals surface area contributed by atoms with Crippen LogP contribution >= 0.6 is 0 Å². The Hall–Kier alpha value is -3.54. The minimum atomic E-state index is -4.37. The summed E-state index contributed by atoms with van der Waals surface area (Å²) in [5.74, 6) is -1.68. The highest BCUT2D eigenvalue weighted by Gasteiger charge is 2.31. The van der Waals surface area contributed by atoms with Crippen molar-refractivity contribution in [3.05, 3.63) is 50.8 Å². The Morgan fingerprint density at radius 1 is 1.12 bits per heavy atom. The molecule has 0 aliphatic heterocycles. The van der Waals surface area contributed by atoms with E-state index in [-0.39, 0.29) is 38.8 Å². The Morgan fingerprint density at radius 3 is 2.24 bits per heavy atom. The molecule has 0 atom stereocenters. The minimum Gasteiger partial charge on any atom is -0.274 e. The van der Waals surface area contributed by atoms with Crippen molar-refractivity contribution >= 4 is 32.7 Å². The molecule has 34 heavy (non-hydrogen) atoms. The lowest BCUT2D eigenvalue weighted by molar-refractivity contribution is -0.118. The average molecular weight is 490 g/mol. The number of aromatic nitrogens is 4. The number of hydrogen-bond acceptors (Lipinski definition) is 7. The summed E-state index contributed by atoms with van der Waals surface area (Å²) in [6, 6.07) is 4.86. The Morgan fingerprint density at radius 2 is 1.76 bits per heavy atom. The summed E-state index contributed by atoms with van der Waals surface area (Å²) in [6.07, 6.45) is 1.93. The Bertz CT molecular complexity index is 1530. The monoisotopic (exact) mass is 489 g/mol. The van der Waals surface area contributed by atoms with Crippen LogP contribution in [0.4, 0.5) is 0 Å². The molecule has 0 saturated heterocycles. The molecule has 0 fully saturated rings. The molecule has 0 aliphatic carbocycles. The number of nitrogens with zero attached hydrogens (tertiary/aromatic N) is 5. The molecular weight excluding hydrogens is 462 g/mol. The van der Waals surface area contributed by atoms with Gasteiger partial charge in [-0.25, -0.2) is 17.8 Å². The molecule has 11 nitrogen and oxygen atoms in total. The second-order valence-corrected chi connectivity index (χ2v) is 10.00. The number of rotatable bonds is 6. The molecular formula is C22H27N5O6S. The summed E-state index contributed by atoms with van der Waals surface area (Å²) < 4.78 is 27.7. The van der Waals surface area contributed by atoms with E-state index >= 15 is 0 Å². The first kappa shape index (κ1) is 25.1. The van der Waals surface area contributed by atoms with Crippen molar-refractivity contribution in [3.63, 3.8) is 0 Å². The molecule has 3 rings (SSSR count). The molecule has 1 amide bonds. The molecule has 12 heteroatoms. The molecule has 0 N–H and O–H groups in total. The number of carbonyl (C=O) groups excluding carboxylic acids is 2. The quantitative estimate of drug-likeness (QED) is 0.513. The maximum Gasteiger partial charge on any atom is 0.358 e. The van der Waals surface area contributed by atoms with Gasteiger partial charge in [-0.2, -0.15) is 5.10 Å². The van der Waals surface area contributed by atoms with E-state index < -0.39 is 33.1 Å². The van der Waals surface area contributed by atoms with E-state index in [1.165, 1.54) is 19.9 Å². The van der Waals surface area contributed by atoms with E-state index in [0.717, 1.165) is 10.1 Å². The van der Waals surface area contributed by atoms with Crippen molar-refractivity contribution in [2.24, 2.45) is 7.05 Å². The van der Waals surface area contributed by atoms with Gasteiger partial charge in [0.2, 0.25) is 5.91 Å². The molecule has 0 radical (unpaired) electrons. The van der Waals surface area contributed by atoms with Gasteiger partial charge in [0.1, 0.15) is 0 Å². The second kappa shape index (κ2) is 9.01. The first-order valence-electron chi connectivity index (χ1n) is 10.8. The van der Waals surface area contributed by atoms with E-state index in [9.17, 15) is 27.6 Å². The summed E-state index contributed by atoms with van der Waals surface area (Å²) in [5, 5.41) is 4.09. The fraction of sp³-hybridized carbons (Fsp3) is 0.409. The van der Waals surface area contributed by atoms with Crippen LogP contribution < -0.4 is 15.7 Å². The highest BCUT2D eigenvalue weighted by atomic mass is 32.2. The van der Waals surface area contributed by atoms with Crippen molar-refractivity contribution in [1.29, 1.82) is 0 Å². The molecule has 182 valence electrons. The Labute approximate surface area is 196 Å². The molecule has 1 aromatic carbocycles. The topological polar surface area (TPSA) is 133 Å². The second-order valence-electron chi connectivity index (χ2n) is 8.19. The van der Waals surface area contributed by atoms with E-state index in [1.54, 1.807) is 30.1 Å². The van der Waals surface area contributed by atoms with Gasteiger partial charge in [-0.1, -0.05) is 27.7 Å². The highest BCUT2D eigenvalue weighted by Crippen LogP contribution is 2.32. The molecule has 0 aliphatic rings. The predicted octanol–water partition coefficient (Wildman–Crippen LogP) is 1.57. The van der Waals surface area contributed by atoms with Crippen molar-refractivity contribution in [2.75, 3.05) is 10.7 Å². The smallest absolute Gasteiger partial charge is 0.274 e. The lowest BCUT2D eigenvalue weighted by Crippen LogP contribution is -2.57. The molecule has 0 spiro atoms. The van der Waals surface area contributed by atoms with Crippen molar-refractivity contribution in [1.82, 2.24) is 19.0 Å². The molecule has 3 aromatic rings. The van der Waals surface area contributed by atoms with Crippen molar-refractivity contribution in [3.8, 4) is 11.3 Å². The van der Waals surface area contributed by atoms with Crippen LogP contribution in [0, 0.1) is 0 Å². The van der Waals surface area contributed by atoms with Crippen LogP contribution in [0.1, 0.15) is 56.8 Å². The number of benzene rings is 1. The highest BCUT2D eigenvalue weighted by molar-refractivity contribution is 7.92. The van der Waals surface area contributed by atoms with Crippen LogP contribution in [0.2, 0.25) is 0 Å². The lowest BCUT2D eigenvalue weighted by atomic mass is 9.93. The largest absolute Gasteiger partial charge is 0.358 e. The van der Waals surface area contributed by atoms with Gasteiger partial charge in [0.05, 0.1) is 22.9 Å². The van der Waals surface area contributed by atoms with Crippen LogP contribution in [-0.2, 0) is 21.9 Å². The Kier molecular flexibility index (Phi) is 6.65. The van der Waals surface area contributed by atoms with Crippen LogP contribution in [-0.4, -0.2) is 45.5 Å². The first-order chi connectivity index (χ1) is 15.8. The van der Waals surface area contributed by atoms with E-state index in [0.29, 0.717) is 17.5 Å². The van der Waals surface area contributed by atoms with Crippen LogP contribution in [0.5, 0.6) is 0 Å². The summed E-state index contributed by atoms with van der Waals surface area (Å²) in [6.45, 7) is 6.79. The van der Waals surface area contributed by atoms with E-state index in [2.05, 4.69) is 5.10 Å². The molecule has 2 heterocycles. The number of sulfonamides is 1. The predicted molar refractivity (Wildman–Crippen MR) is 128 cm³/mol. The van der Waals surface area contributed by atoms with Gasteiger partial charge in [0, 0.05) is 31.6 Å². The van der Waals surface area contributed by atoms with Gasteiger partial charge in [-0.3, -0.25) is 19.1 Å². The summed E-state index contributed by atoms with van der Waals surface area (Å²) in [7, 11) is -2.63. The number of carbonyl (C=O) groups is 2. The van der Waals surface area contributed by atoms with Crippen LogP contribution in [0.3, 0.4) is 0 Å². The third kappa shape index (κ3) is 4.09. The zero-order chi connectivity index (χ0) is 25.5. The van der Waals surface area contributed by atoms with Gasteiger partial charge >= 0.3 is 5.69 Å². The van der Waals surface area contributed by atoms with E-state index in [1.807, 2.05) is 13.8 Å². The third-order valence-electron chi connectivity index (χ3n) is 5.49. The van der Waals surface area contributed by atoms with Gasteiger partial charge in [0.25, 0.3) is 21.5 Å². The first-order valence-corrected chi connectivity index (χ1v) is 12.6. The summed E-state index contributed by atoms with van der Waals surface area (Å²) in [4.78, 5) is 52.3. The maximum absolute atomic E-state index is 13.6. The number of amides is 1. The average Bonchev–Trinajstić information content (AvgIpc) is 3.19. The molecule has 0 bridgehead atoms. The van der Waals surface area contributed by atoms with Gasteiger partial charge in [-0.05, 0) is 29.7 Å². The van der Waals surface area contributed by atoms with Crippen molar-refractivity contribution in [2.45, 2.75) is 46.5 Å². The number of hydrogen-bond donors (Lipinski definition) is 0. The lowest BCUT2D eigenvalue weighted by Gasteiger charge is -2.23. The van der Waals surface area contributed by atoms with E-state index in [4.69, 9.17) is 0 Å². The van der Waals surface area contributed by atoms with Gasteiger partial charge in [-0.15, -0.1) is 9.09 Å². The molecule has 0 unspecified atom stereocenters. The van der Waals surface area contributed by atoms with Crippen molar-refractivity contribution < 1.29 is 18.0 Å². The van der Waals surface area contributed by atoms with Crippen LogP contribution in [0.25, 0.3) is 22.2 Å². The standard InChI is InChI=1S/C22H27N5O6S/c1-7-19(28)25-18-12-14(13(3)4)15(17-9-10-23-24(17)5)11-16(18)21(30)26(22(25)31)27(20(29)8-2)34(6,32)33/h9-13H,7-8H2,1-6H3. The molecule has 2 aromatic heterocycles. The van der Waals surface area contributed by atoms with Gasteiger partial charge < -0.3 is 0 Å².